The molecule has 3 rings (SSSR count). The molecule has 0 aliphatic rings. The molecule has 0 unspecified atom stereocenters. The molecule has 0 fully saturated rings. The maximum absolute atomic E-state index is 12.2. The monoisotopic (exact) mass is 410 g/mol. The lowest BCUT2D eigenvalue weighted by Gasteiger charge is -2.28. The van der Waals surface area contributed by atoms with E-state index in [9.17, 15) is 14.7 Å². The van der Waals surface area contributed by atoms with Crippen LogP contribution in [0.2, 0.25) is 5.02 Å². The lowest BCUT2D eigenvalue weighted by molar-refractivity contribution is -0.144. The number of halogens is 1. The van der Waals surface area contributed by atoms with E-state index >= 15 is 0 Å². The zero-order chi connectivity index (χ0) is 20.0. The van der Waals surface area contributed by atoms with E-state index in [1.165, 1.54) is 11.8 Å². The molecule has 28 heavy (non-hydrogen) atoms. The largest absolute Gasteiger partial charge is 0.481 e. The van der Waals surface area contributed by atoms with Gasteiger partial charge >= 0.3 is 5.97 Å². The second-order valence-corrected chi connectivity index (χ2v) is 7.93. The minimum atomic E-state index is -1.28. The van der Waals surface area contributed by atoms with Crippen molar-refractivity contribution >= 4 is 35.6 Å². The number of hydrogen-bond acceptors (Lipinski definition) is 3. The Hall–Kier alpha value is -2.56. The Kier molecular flexibility index (Phi) is 6.55. The van der Waals surface area contributed by atoms with Crippen molar-refractivity contribution in [3.63, 3.8) is 0 Å². The summed E-state index contributed by atoms with van der Waals surface area (Å²) in [5, 5.41) is 10.7. The van der Waals surface area contributed by atoms with Crippen LogP contribution < -0.4 is 0 Å². The van der Waals surface area contributed by atoms with Crippen molar-refractivity contribution in [3.05, 3.63) is 89.4 Å². The van der Waals surface area contributed by atoms with Crippen LogP contribution in [-0.4, -0.2) is 23.1 Å². The van der Waals surface area contributed by atoms with Gasteiger partial charge in [0.2, 0.25) is 0 Å². The predicted octanol–water partition coefficient (Wildman–Crippen LogP) is 5.71. The van der Waals surface area contributed by atoms with Gasteiger partial charge in [0.1, 0.15) is 11.7 Å². The molecular formula is C23H19ClO3S. The maximum atomic E-state index is 12.2. The van der Waals surface area contributed by atoms with Gasteiger partial charge in [0, 0.05) is 22.1 Å². The Balaban J connectivity index is 1.92. The third-order valence-electron chi connectivity index (χ3n) is 4.68. The number of carbonyl (C=O) groups excluding carboxylic acids is 1. The van der Waals surface area contributed by atoms with E-state index in [2.05, 4.69) is 0 Å². The fourth-order valence-corrected chi connectivity index (χ4v) is 4.32. The van der Waals surface area contributed by atoms with E-state index in [1.807, 2.05) is 66.7 Å². The van der Waals surface area contributed by atoms with Gasteiger partial charge in [-0.25, -0.2) is 0 Å². The SMILES string of the molecule is O=CC[C@@](CSc1ccccc1)(C(=O)O)c1ccc(-c2ccc(Cl)cc2)cc1. The van der Waals surface area contributed by atoms with Crippen LogP contribution in [0.25, 0.3) is 11.1 Å². The molecule has 0 aliphatic heterocycles. The van der Waals surface area contributed by atoms with Gasteiger partial charge in [-0.2, -0.15) is 0 Å². The average Bonchev–Trinajstić information content (AvgIpc) is 2.72. The molecule has 3 aromatic rings. The summed E-state index contributed by atoms with van der Waals surface area (Å²) in [4.78, 5) is 24.6. The van der Waals surface area contributed by atoms with Gasteiger partial charge in [-0.15, -0.1) is 11.8 Å². The number of thioether (sulfide) groups is 1. The van der Waals surface area contributed by atoms with Crippen molar-refractivity contribution in [1.29, 1.82) is 0 Å². The number of benzene rings is 3. The second kappa shape index (κ2) is 9.09. The Morgan fingerprint density at radius 1 is 0.929 bits per heavy atom. The summed E-state index contributed by atoms with van der Waals surface area (Å²) in [5.41, 5.74) is 1.29. The summed E-state index contributed by atoms with van der Waals surface area (Å²) in [6.07, 6.45) is 0.606. The highest BCUT2D eigenvalue weighted by molar-refractivity contribution is 7.99. The standard InChI is InChI=1S/C23H19ClO3S/c24-20-12-8-18(9-13-20)17-6-10-19(11-7-17)23(14-15-25,22(26)27)16-28-21-4-2-1-3-5-21/h1-13,15H,14,16H2,(H,26,27)/t23-/m0/s1. The van der Waals surface area contributed by atoms with Gasteiger partial charge in [0.05, 0.1) is 0 Å². The van der Waals surface area contributed by atoms with Crippen molar-refractivity contribution < 1.29 is 14.7 Å². The average molecular weight is 411 g/mol. The Morgan fingerprint density at radius 2 is 1.50 bits per heavy atom. The van der Waals surface area contributed by atoms with Crippen molar-refractivity contribution in [2.75, 3.05) is 5.75 Å². The zero-order valence-electron chi connectivity index (χ0n) is 15.0. The third-order valence-corrected chi connectivity index (χ3v) is 6.18. The fourth-order valence-electron chi connectivity index (χ4n) is 3.02. The second-order valence-electron chi connectivity index (χ2n) is 6.44. The van der Waals surface area contributed by atoms with Crippen LogP contribution >= 0.6 is 23.4 Å². The summed E-state index contributed by atoms with van der Waals surface area (Å²) < 4.78 is 0. The molecule has 1 N–H and O–H groups in total. The number of rotatable bonds is 8. The first-order chi connectivity index (χ1) is 13.5. The first kappa shape index (κ1) is 20.2. The van der Waals surface area contributed by atoms with Gasteiger partial charge in [-0.3, -0.25) is 4.79 Å². The van der Waals surface area contributed by atoms with Gasteiger partial charge < -0.3 is 9.90 Å². The molecule has 0 heterocycles. The minimum absolute atomic E-state index is 0.0809. The number of carbonyl (C=O) groups is 2. The van der Waals surface area contributed by atoms with Crippen molar-refractivity contribution in [2.24, 2.45) is 0 Å². The van der Waals surface area contributed by atoms with Gasteiger partial charge in [-0.05, 0) is 41.0 Å². The van der Waals surface area contributed by atoms with Crippen LogP contribution in [0.3, 0.4) is 0 Å². The van der Waals surface area contributed by atoms with E-state index in [0.29, 0.717) is 16.9 Å². The predicted molar refractivity (Wildman–Crippen MR) is 114 cm³/mol. The van der Waals surface area contributed by atoms with Gasteiger partial charge in [0.25, 0.3) is 0 Å². The number of carboxylic acid groups (broad SMARTS) is 1. The van der Waals surface area contributed by atoms with E-state index in [-0.39, 0.29) is 12.2 Å². The quantitative estimate of drug-likeness (QED) is 0.381. The maximum Gasteiger partial charge on any atom is 0.315 e. The topological polar surface area (TPSA) is 54.4 Å². The summed E-state index contributed by atoms with van der Waals surface area (Å²) in [5.74, 6) is -0.729. The Labute approximate surface area is 173 Å². The molecule has 0 spiro atoms. The van der Waals surface area contributed by atoms with E-state index in [4.69, 9.17) is 11.6 Å². The molecular weight excluding hydrogens is 392 g/mol. The smallest absolute Gasteiger partial charge is 0.315 e. The first-order valence-corrected chi connectivity index (χ1v) is 10.1. The lowest BCUT2D eigenvalue weighted by Crippen LogP contribution is -2.39. The molecule has 0 bridgehead atoms. The summed E-state index contributed by atoms with van der Waals surface area (Å²) in [6, 6.07) is 24.4. The van der Waals surface area contributed by atoms with E-state index in [0.717, 1.165) is 16.0 Å². The highest BCUT2D eigenvalue weighted by atomic mass is 35.5. The summed E-state index contributed by atoms with van der Waals surface area (Å²) in [7, 11) is 0. The normalized spacial score (nSPS) is 12.9. The van der Waals surface area contributed by atoms with Gasteiger partial charge in [0.15, 0.2) is 0 Å². The van der Waals surface area contributed by atoms with Gasteiger partial charge in [-0.1, -0.05) is 66.2 Å². The van der Waals surface area contributed by atoms with E-state index in [1.54, 1.807) is 12.1 Å². The highest BCUT2D eigenvalue weighted by Gasteiger charge is 2.40. The van der Waals surface area contributed by atoms with Crippen LogP contribution in [0, 0.1) is 0 Å². The Bertz CT molecular complexity index is 940. The van der Waals surface area contributed by atoms with Crippen molar-refractivity contribution in [1.82, 2.24) is 0 Å². The summed E-state index contributed by atoms with van der Waals surface area (Å²) in [6.45, 7) is 0. The Morgan fingerprint density at radius 3 is 2.04 bits per heavy atom. The summed E-state index contributed by atoms with van der Waals surface area (Å²) >= 11 is 7.38. The highest BCUT2D eigenvalue weighted by Crippen LogP contribution is 2.36. The lowest BCUT2D eigenvalue weighted by atomic mass is 9.79. The third kappa shape index (κ3) is 4.46. The first-order valence-electron chi connectivity index (χ1n) is 8.76. The van der Waals surface area contributed by atoms with Crippen LogP contribution in [-0.2, 0) is 15.0 Å². The molecule has 0 amide bonds. The van der Waals surface area contributed by atoms with Crippen LogP contribution in [0.5, 0.6) is 0 Å². The van der Waals surface area contributed by atoms with E-state index < -0.39 is 11.4 Å². The molecule has 0 radical (unpaired) electrons. The molecule has 0 saturated carbocycles. The molecule has 0 aliphatic carbocycles. The molecule has 0 saturated heterocycles. The fraction of sp³-hybridized carbons (Fsp3) is 0.130. The number of aldehydes is 1. The molecule has 0 aromatic heterocycles. The molecule has 5 heteroatoms. The molecule has 3 nitrogen and oxygen atoms in total. The molecule has 3 aromatic carbocycles. The van der Waals surface area contributed by atoms with Crippen LogP contribution in [0.4, 0.5) is 0 Å². The zero-order valence-corrected chi connectivity index (χ0v) is 16.6. The molecule has 1 atom stereocenters. The van der Waals surface area contributed by atoms with Crippen molar-refractivity contribution in [2.45, 2.75) is 16.7 Å². The number of carboxylic acids is 1. The minimum Gasteiger partial charge on any atom is -0.481 e. The van der Waals surface area contributed by atoms with Crippen molar-refractivity contribution in [3.8, 4) is 11.1 Å². The number of aliphatic carboxylic acids is 1. The van der Waals surface area contributed by atoms with Crippen LogP contribution in [0.1, 0.15) is 12.0 Å². The van der Waals surface area contributed by atoms with Crippen LogP contribution in [0.15, 0.2) is 83.8 Å². The molecule has 142 valence electrons. The number of hydrogen-bond donors (Lipinski definition) is 1.